The zero-order valence-electron chi connectivity index (χ0n) is 9.38. The molecule has 0 fully saturated rings. The molecule has 0 aliphatic rings. The fourth-order valence-corrected chi connectivity index (χ4v) is 2.72. The molecule has 0 radical (unpaired) electrons. The minimum absolute atomic E-state index is 0.112. The maximum absolute atomic E-state index is 13.5. The maximum Gasteiger partial charge on any atom is 0.256 e. The quantitative estimate of drug-likeness (QED) is 0.491. The van der Waals surface area contributed by atoms with Crippen LogP contribution in [-0.2, 0) is 0 Å². The third-order valence-electron chi connectivity index (χ3n) is 3.44. The Hall–Kier alpha value is -2.56. The Bertz CT molecular complexity index is 1070. The number of halogens is 2. The predicted molar refractivity (Wildman–Crippen MR) is 68.1 cm³/mol. The fraction of sp³-hybridized carbons (Fsp3) is 0. The average Bonchev–Trinajstić information content (AvgIpc) is 2.62. The molecule has 0 unspecified atom stereocenters. The van der Waals surface area contributed by atoms with Gasteiger partial charge >= 0.3 is 0 Å². The Morgan fingerprint density at radius 3 is 2.11 bits per heavy atom. The van der Waals surface area contributed by atoms with Gasteiger partial charge in [0.2, 0.25) is 0 Å². The van der Waals surface area contributed by atoms with Crippen molar-refractivity contribution in [2.45, 2.75) is 0 Å². The van der Waals surface area contributed by atoms with Gasteiger partial charge in [0.15, 0.2) is 5.43 Å². The predicted octanol–water partition coefficient (Wildman–Crippen LogP) is 2.35. The number of hydrogen-bond acceptors (Lipinski definition) is 2. The molecule has 0 aliphatic heterocycles. The van der Waals surface area contributed by atoms with Crippen molar-refractivity contribution in [3.63, 3.8) is 0 Å². The van der Waals surface area contributed by atoms with Crippen molar-refractivity contribution in [1.82, 2.24) is 4.98 Å². The summed E-state index contributed by atoms with van der Waals surface area (Å²) >= 11 is 0. The Balaban J connectivity index is 2.57. The molecule has 92 valence electrons. The van der Waals surface area contributed by atoms with Gasteiger partial charge in [-0.2, -0.15) is 0 Å². The molecule has 4 aromatic rings. The lowest BCUT2D eigenvalue weighted by Crippen LogP contribution is -2.06. The summed E-state index contributed by atoms with van der Waals surface area (Å²) in [5.74, 6) is -1.27. The van der Waals surface area contributed by atoms with Crippen LogP contribution in [0, 0.1) is 11.6 Å². The van der Waals surface area contributed by atoms with Gasteiger partial charge in [-0.1, -0.05) is 0 Å². The molecule has 3 aromatic carbocycles. The van der Waals surface area contributed by atoms with Gasteiger partial charge in [-0.05, 0) is 24.3 Å². The van der Waals surface area contributed by atoms with E-state index in [-0.39, 0.29) is 21.7 Å². The van der Waals surface area contributed by atoms with Crippen LogP contribution in [0.4, 0.5) is 8.78 Å². The molecule has 19 heavy (non-hydrogen) atoms. The highest BCUT2D eigenvalue weighted by molar-refractivity contribution is 6.24. The third-order valence-corrected chi connectivity index (χ3v) is 3.44. The summed E-state index contributed by atoms with van der Waals surface area (Å²) in [6, 6.07) is 4.44. The topological polar surface area (TPSA) is 49.9 Å². The van der Waals surface area contributed by atoms with Crippen LogP contribution in [-0.4, -0.2) is 4.98 Å². The number of aromatic nitrogens is 1. The number of rotatable bonds is 0. The molecule has 1 heterocycles. The van der Waals surface area contributed by atoms with Crippen molar-refractivity contribution >= 4 is 32.4 Å². The van der Waals surface area contributed by atoms with E-state index in [1.165, 1.54) is 0 Å². The first kappa shape index (κ1) is 10.4. The lowest BCUT2D eigenvalue weighted by Gasteiger charge is -2.02. The molecule has 4 rings (SSSR count). The van der Waals surface area contributed by atoms with Crippen molar-refractivity contribution in [3.05, 3.63) is 56.5 Å². The highest BCUT2D eigenvalue weighted by Crippen LogP contribution is 2.31. The zero-order chi connectivity index (χ0) is 13.3. The van der Waals surface area contributed by atoms with Gasteiger partial charge in [0, 0.05) is 21.5 Å². The Kier molecular flexibility index (Phi) is 1.67. The SMILES string of the molecule is O=c1[nH]c2cc(F)cc3c(=O)c4cc(F)cc1c4c23. The van der Waals surface area contributed by atoms with E-state index in [9.17, 15) is 18.4 Å². The second-order valence-corrected chi connectivity index (χ2v) is 4.54. The smallest absolute Gasteiger partial charge is 0.256 e. The van der Waals surface area contributed by atoms with Crippen LogP contribution in [0.25, 0.3) is 32.4 Å². The molecule has 0 bridgehead atoms. The largest absolute Gasteiger partial charge is 0.321 e. The lowest BCUT2D eigenvalue weighted by molar-refractivity contribution is 0.630. The van der Waals surface area contributed by atoms with Gasteiger partial charge < -0.3 is 4.98 Å². The Labute approximate surface area is 103 Å². The molecule has 1 N–H and O–H groups in total. The van der Waals surface area contributed by atoms with E-state index in [0.29, 0.717) is 10.8 Å². The molecule has 0 amide bonds. The minimum Gasteiger partial charge on any atom is -0.321 e. The lowest BCUT2D eigenvalue weighted by atomic mass is 10.1. The summed E-state index contributed by atoms with van der Waals surface area (Å²) < 4.78 is 26.9. The monoisotopic (exact) mass is 257 g/mol. The second kappa shape index (κ2) is 3.06. The van der Waals surface area contributed by atoms with Gasteiger partial charge in [0.05, 0.1) is 10.9 Å². The van der Waals surface area contributed by atoms with Crippen LogP contribution < -0.4 is 11.0 Å². The second-order valence-electron chi connectivity index (χ2n) is 4.54. The molecule has 0 saturated carbocycles. The summed E-state index contributed by atoms with van der Waals surface area (Å²) in [4.78, 5) is 26.5. The summed E-state index contributed by atoms with van der Waals surface area (Å²) in [5, 5.41) is 1.28. The molecule has 0 atom stereocenters. The first-order chi connectivity index (χ1) is 9.06. The number of hydrogen-bond donors (Lipinski definition) is 1. The van der Waals surface area contributed by atoms with Crippen LogP contribution >= 0.6 is 0 Å². The van der Waals surface area contributed by atoms with E-state index >= 15 is 0 Å². The Morgan fingerprint density at radius 2 is 1.37 bits per heavy atom. The maximum atomic E-state index is 13.5. The van der Waals surface area contributed by atoms with Crippen LogP contribution in [0.1, 0.15) is 0 Å². The standard InChI is InChI=1S/C14H5F2NO2/c15-5-1-7-11-9(3-5)14(19)17-10-4-6(16)2-8(12(10)11)13(7)18/h1-4H,(H,17,19). The molecule has 1 aromatic heterocycles. The fourth-order valence-electron chi connectivity index (χ4n) is 2.72. The van der Waals surface area contributed by atoms with E-state index in [1.54, 1.807) is 0 Å². The molecular weight excluding hydrogens is 252 g/mol. The molecule has 0 aliphatic carbocycles. The van der Waals surface area contributed by atoms with E-state index < -0.39 is 22.6 Å². The molecule has 3 nitrogen and oxygen atoms in total. The van der Waals surface area contributed by atoms with Crippen molar-refractivity contribution < 1.29 is 8.78 Å². The summed E-state index contributed by atoms with van der Waals surface area (Å²) in [7, 11) is 0. The van der Waals surface area contributed by atoms with E-state index in [0.717, 1.165) is 24.3 Å². The molecular formula is C14H5F2NO2. The first-order valence-corrected chi connectivity index (χ1v) is 5.60. The number of aromatic amines is 1. The van der Waals surface area contributed by atoms with Crippen molar-refractivity contribution in [2.75, 3.05) is 0 Å². The van der Waals surface area contributed by atoms with Gasteiger partial charge in [0.1, 0.15) is 11.6 Å². The third kappa shape index (κ3) is 1.14. The van der Waals surface area contributed by atoms with Crippen LogP contribution in [0.5, 0.6) is 0 Å². The van der Waals surface area contributed by atoms with Crippen molar-refractivity contribution in [1.29, 1.82) is 0 Å². The number of benzene rings is 2. The number of nitrogens with one attached hydrogen (secondary N) is 1. The minimum atomic E-state index is -0.658. The van der Waals surface area contributed by atoms with Crippen LogP contribution in [0.15, 0.2) is 33.9 Å². The van der Waals surface area contributed by atoms with Crippen LogP contribution in [0.3, 0.4) is 0 Å². The molecule has 5 heteroatoms. The van der Waals surface area contributed by atoms with E-state index in [4.69, 9.17) is 0 Å². The molecule has 0 saturated heterocycles. The summed E-state index contributed by atoms with van der Waals surface area (Å²) in [6.07, 6.45) is 0. The zero-order valence-corrected chi connectivity index (χ0v) is 9.38. The van der Waals surface area contributed by atoms with Crippen molar-refractivity contribution in [2.24, 2.45) is 0 Å². The van der Waals surface area contributed by atoms with Gasteiger partial charge in [-0.3, -0.25) is 9.59 Å². The van der Waals surface area contributed by atoms with E-state index in [2.05, 4.69) is 4.98 Å². The van der Waals surface area contributed by atoms with E-state index in [1.807, 2.05) is 0 Å². The van der Waals surface area contributed by atoms with Gasteiger partial charge in [0.25, 0.3) is 5.56 Å². The average molecular weight is 257 g/mol. The number of H-pyrrole nitrogens is 1. The highest BCUT2D eigenvalue weighted by Gasteiger charge is 2.19. The molecule has 0 spiro atoms. The van der Waals surface area contributed by atoms with Crippen molar-refractivity contribution in [3.8, 4) is 0 Å². The van der Waals surface area contributed by atoms with Crippen LogP contribution in [0.2, 0.25) is 0 Å². The summed E-state index contributed by atoms with van der Waals surface area (Å²) in [6.45, 7) is 0. The first-order valence-electron chi connectivity index (χ1n) is 5.60. The van der Waals surface area contributed by atoms with Gasteiger partial charge in [-0.15, -0.1) is 0 Å². The summed E-state index contributed by atoms with van der Waals surface area (Å²) in [5.41, 5.74) is -0.733. The number of pyridine rings is 1. The Morgan fingerprint density at radius 1 is 0.789 bits per heavy atom. The normalized spacial score (nSPS) is 12.1. The van der Waals surface area contributed by atoms with Gasteiger partial charge in [-0.25, -0.2) is 8.78 Å². The highest BCUT2D eigenvalue weighted by atomic mass is 19.1.